The minimum absolute atomic E-state index is 0.521. The Morgan fingerprint density at radius 3 is 3.38 bits per heavy atom. The van der Waals surface area contributed by atoms with Gasteiger partial charge in [-0.1, -0.05) is 12.2 Å². The third-order valence-corrected chi connectivity index (χ3v) is 2.94. The highest BCUT2D eigenvalue weighted by atomic mass is 16.3. The van der Waals surface area contributed by atoms with Gasteiger partial charge in [-0.15, -0.1) is 0 Å². The van der Waals surface area contributed by atoms with Gasteiger partial charge < -0.3 is 9.73 Å². The Kier molecular flexibility index (Phi) is 2.46. The van der Waals surface area contributed by atoms with Crippen LogP contribution in [-0.2, 0) is 0 Å². The lowest BCUT2D eigenvalue weighted by atomic mass is 10.1. The molecule has 0 aromatic carbocycles. The van der Waals surface area contributed by atoms with Crippen LogP contribution >= 0.6 is 0 Å². The van der Waals surface area contributed by atoms with Crippen LogP contribution in [0, 0.1) is 0 Å². The first-order valence-electron chi connectivity index (χ1n) is 5.67. The molecule has 1 aliphatic heterocycles. The SMILES string of the molecule is C(=CC1CCCN1)c1cnc2ccoc2c1. The van der Waals surface area contributed by atoms with E-state index < -0.39 is 0 Å². The van der Waals surface area contributed by atoms with Crippen molar-refractivity contribution in [3.63, 3.8) is 0 Å². The normalized spacial score (nSPS) is 21.1. The average molecular weight is 214 g/mol. The molecule has 0 amide bonds. The van der Waals surface area contributed by atoms with Gasteiger partial charge in [0.05, 0.1) is 6.26 Å². The molecule has 0 saturated carbocycles. The second kappa shape index (κ2) is 4.10. The molecule has 2 aromatic heterocycles. The van der Waals surface area contributed by atoms with E-state index in [9.17, 15) is 0 Å². The van der Waals surface area contributed by atoms with Gasteiger partial charge in [-0.05, 0) is 31.0 Å². The number of rotatable bonds is 2. The molecular weight excluding hydrogens is 200 g/mol. The average Bonchev–Trinajstić information content (AvgIpc) is 2.97. The zero-order valence-corrected chi connectivity index (χ0v) is 9.02. The van der Waals surface area contributed by atoms with Crippen LogP contribution in [-0.4, -0.2) is 17.6 Å². The van der Waals surface area contributed by atoms with Crippen molar-refractivity contribution in [2.45, 2.75) is 18.9 Å². The molecule has 1 N–H and O–H groups in total. The van der Waals surface area contributed by atoms with E-state index in [1.807, 2.05) is 18.3 Å². The summed E-state index contributed by atoms with van der Waals surface area (Å²) in [5, 5.41) is 3.43. The van der Waals surface area contributed by atoms with Crippen molar-refractivity contribution in [1.82, 2.24) is 10.3 Å². The van der Waals surface area contributed by atoms with Crippen LogP contribution in [0.5, 0.6) is 0 Å². The Balaban J connectivity index is 1.82. The molecule has 1 fully saturated rings. The maximum atomic E-state index is 5.32. The maximum Gasteiger partial charge on any atom is 0.152 e. The molecule has 16 heavy (non-hydrogen) atoms. The summed E-state index contributed by atoms with van der Waals surface area (Å²) in [5.41, 5.74) is 2.86. The van der Waals surface area contributed by atoms with Gasteiger partial charge in [0.15, 0.2) is 5.58 Å². The molecule has 3 heteroatoms. The lowest BCUT2D eigenvalue weighted by molar-refractivity contribution is 0.615. The molecule has 0 radical (unpaired) electrons. The van der Waals surface area contributed by atoms with Gasteiger partial charge in [-0.25, -0.2) is 0 Å². The van der Waals surface area contributed by atoms with Crippen LogP contribution in [0.1, 0.15) is 18.4 Å². The first-order valence-corrected chi connectivity index (χ1v) is 5.67. The fraction of sp³-hybridized carbons (Fsp3) is 0.308. The standard InChI is InChI=1S/C13H14N2O/c1-2-11(14-6-1)4-3-10-8-13-12(15-9-10)5-7-16-13/h3-5,7-9,11,14H,1-2,6H2. The predicted octanol–water partition coefficient (Wildman–Crippen LogP) is 2.59. The summed E-state index contributed by atoms with van der Waals surface area (Å²) in [6, 6.07) is 4.42. The number of hydrogen-bond donors (Lipinski definition) is 1. The van der Waals surface area contributed by atoms with Crippen molar-refractivity contribution in [1.29, 1.82) is 0 Å². The quantitative estimate of drug-likeness (QED) is 0.835. The Labute approximate surface area is 94.2 Å². The van der Waals surface area contributed by atoms with E-state index in [2.05, 4.69) is 22.5 Å². The van der Waals surface area contributed by atoms with Gasteiger partial charge in [0.1, 0.15) is 5.52 Å². The summed E-state index contributed by atoms with van der Waals surface area (Å²) in [6.45, 7) is 1.13. The highest BCUT2D eigenvalue weighted by Gasteiger charge is 2.09. The Bertz CT molecular complexity index is 509. The van der Waals surface area contributed by atoms with E-state index in [0.29, 0.717) is 6.04 Å². The highest BCUT2D eigenvalue weighted by molar-refractivity contribution is 5.74. The molecule has 1 atom stereocenters. The van der Waals surface area contributed by atoms with Gasteiger partial charge in [0, 0.05) is 18.3 Å². The van der Waals surface area contributed by atoms with Crippen LogP contribution < -0.4 is 5.32 Å². The molecule has 2 aromatic rings. The van der Waals surface area contributed by atoms with E-state index in [4.69, 9.17) is 4.42 Å². The van der Waals surface area contributed by atoms with Crippen molar-refractivity contribution in [2.75, 3.05) is 6.54 Å². The Hall–Kier alpha value is -1.61. The minimum Gasteiger partial charge on any atom is -0.463 e. The fourth-order valence-electron chi connectivity index (χ4n) is 2.06. The second-order valence-corrected chi connectivity index (χ2v) is 4.13. The number of pyridine rings is 1. The molecule has 3 nitrogen and oxygen atoms in total. The molecule has 1 saturated heterocycles. The third-order valence-electron chi connectivity index (χ3n) is 2.94. The number of furan rings is 1. The van der Waals surface area contributed by atoms with Crippen molar-refractivity contribution >= 4 is 17.2 Å². The second-order valence-electron chi connectivity index (χ2n) is 4.13. The summed E-state index contributed by atoms with van der Waals surface area (Å²) in [5.74, 6) is 0. The minimum atomic E-state index is 0.521. The Morgan fingerprint density at radius 1 is 1.50 bits per heavy atom. The van der Waals surface area contributed by atoms with Gasteiger partial charge in [0.2, 0.25) is 0 Å². The molecule has 0 spiro atoms. The first-order chi connectivity index (χ1) is 7.92. The maximum absolute atomic E-state index is 5.32. The van der Waals surface area contributed by atoms with E-state index >= 15 is 0 Å². The molecule has 82 valence electrons. The number of hydrogen-bond acceptors (Lipinski definition) is 3. The van der Waals surface area contributed by atoms with E-state index in [0.717, 1.165) is 23.2 Å². The van der Waals surface area contributed by atoms with Crippen LogP contribution in [0.15, 0.2) is 35.1 Å². The van der Waals surface area contributed by atoms with Crippen LogP contribution in [0.25, 0.3) is 17.2 Å². The molecule has 1 unspecified atom stereocenters. The van der Waals surface area contributed by atoms with E-state index in [-0.39, 0.29) is 0 Å². The lowest BCUT2D eigenvalue weighted by Gasteiger charge is -2.01. The zero-order valence-electron chi connectivity index (χ0n) is 9.02. The summed E-state index contributed by atoms with van der Waals surface area (Å²) >= 11 is 0. The molecule has 1 aliphatic rings. The summed E-state index contributed by atoms with van der Waals surface area (Å²) < 4.78 is 5.32. The van der Waals surface area contributed by atoms with Crippen molar-refractivity contribution in [3.8, 4) is 0 Å². The molecule has 3 rings (SSSR count). The molecular formula is C13H14N2O. The van der Waals surface area contributed by atoms with Gasteiger partial charge in [0.25, 0.3) is 0 Å². The number of nitrogens with zero attached hydrogens (tertiary/aromatic N) is 1. The van der Waals surface area contributed by atoms with Gasteiger partial charge in [-0.2, -0.15) is 0 Å². The molecule has 0 bridgehead atoms. The fourth-order valence-corrected chi connectivity index (χ4v) is 2.06. The monoisotopic (exact) mass is 214 g/mol. The lowest BCUT2D eigenvalue weighted by Crippen LogP contribution is -2.17. The summed E-state index contributed by atoms with van der Waals surface area (Å²) in [7, 11) is 0. The number of fused-ring (bicyclic) bond motifs is 1. The molecule has 0 aliphatic carbocycles. The largest absolute Gasteiger partial charge is 0.463 e. The Morgan fingerprint density at radius 2 is 2.50 bits per heavy atom. The van der Waals surface area contributed by atoms with Crippen LogP contribution in [0.3, 0.4) is 0 Å². The number of nitrogens with one attached hydrogen (secondary N) is 1. The molecule has 3 heterocycles. The predicted molar refractivity (Wildman–Crippen MR) is 64.1 cm³/mol. The van der Waals surface area contributed by atoms with E-state index in [1.165, 1.54) is 12.8 Å². The van der Waals surface area contributed by atoms with Crippen molar-refractivity contribution in [3.05, 3.63) is 36.2 Å². The smallest absolute Gasteiger partial charge is 0.152 e. The number of aromatic nitrogens is 1. The third kappa shape index (κ3) is 1.86. The first kappa shape index (κ1) is 9.60. The van der Waals surface area contributed by atoms with Gasteiger partial charge in [-0.3, -0.25) is 4.98 Å². The topological polar surface area (TPSA) is 38.1 Å². The summed E-state index contributed by atoms with van der Waals surface area (Å²) in [6.07, 6.45) is 10.4. The van der Waals surface area contributed by atoms with Crippen LogP contribution in [0.2, 0.25) is 0 Å². The van der Waals surface area contributed by atoms with E-state index in [1.54, 1.807) is 6.26 Å². The highest BCUT2D eigenvalue weighted by Crippen LogP contribution is 2.15. The van der Waals surface area contributed by atoms with Crippen molar-refractivity contribution < 1.29 is 4.42 Å². The zero-order chi connectivity index (χ0) is 10.8. The summed E-state index contributed by atoms with van der Waals surface area (Å²) in [4.78, 5) is 4.32. The van der Waals surface area contributed by atoms with Crippen molar-refractivity contribution in [2.24, 2.45) is 0 Å². The van der Waals surface area contributed by atoms with Gasteiger partial charge >= 0.3 is 0 Å². The van der Waals surface area contributed by atoms with Crippen LogP contribution in [0.4, 0.5) is 0 Å².